The number of para-hydroxylation sites is 1. The molecule has 4 aromatic rings. The fraction of sp³-hybridized carbons (Fsp3) is 0.120. The molecular weight excluding hydrogens is 467 g/mol. The van der Waals surface area contributed by atoms with Gasteiger partial charge in [0, 0.05) is 11.3 Å². The number of nitrogens with one attached hydrogen (secondary N) is 3. The third-order valence-corrected chi connectivity index (χ3v) is 5.63. The van der Waals surface area contributed by atoms with E-state index in [1.54, 1.807) is 25.3 Å². The lowest BCUT2D eigenvalue weighted by atomic mass is 10.2. The van der Waals surface area contributed by atoms with E-state index < -0.39 is 0 Å². The van der Waals surface area contributed by atoms with Gasteiger partial charge in [0.15, 0.2) is 0 Å². The Kier molecular flexibility index (Phi) is 8.08. The minimum Gasteiger partial charge on any atom is -0.488 e. The van der Waals surface area contributed by atoms with E-state index in [0.29, 0.717) is 34.7 Å². The molecule has 3 N–H and O–H groups in total. The van der Waals surface area contributed by atoms with Crippen molar-refractivity contribution < 1.29 is 13.9 Å². The molecule has 0 aliphatic heterocycles. The maximum atomic E-state index is 13.6. The van der Waals surface area contributed by atoms with E-state index in [0.717, 1.165) is 22.9 Å². The largest absolute Gasteiger partial charge is 0.488 e. The van der Waals surface area contributed by atoms with Crippen LogP contribution in [0.5, 0.6) is 5.75 Å². The second-order valence-corrected chi connectivity index (χ2v) is 8.39. The molecule has 4 rings (SSSR count). The van der Waals surface area contributed by atoms with Gasteiger partial charge in [-0.1, -0.05) is 60.3 Å². The normalized spacial score (nSPS) is 10.9. The molecular formula is C25H23FN6O2S. The number of thioether (sulfide) groups is 1. The summed E-state index contributed by atoms with van der Waals surface area (Å²) in [6, 6.07) is 22.0. The first-order valence-corrected chi connectivity index (χ1v) is 11.7. The summed E-state index contributed by atoms with van der Waals surface area (Å²) in [4.78, 5) is 16.4. The lowest BCUT2D eigenvalue weighted by Crippen LogP contribution is -2.14. The second kappa shape index (κ2) is 11.8. The van der Waals surface area contributed by atoms with Crippen molar-refractivity contribution in [2.24, 2.45) is 5.10 Å². The van der Waals surface area contributed by atoms with Crippen LogP contribution in [-0.4, -0.2) is 33.1 Å². The summed E-state index contributed by atoms with van der Waals surface area (Å²) >= 11 is 1.14. The Balaban J connectivity index is 1.26. The number of aryl methyl sites for hydroxylation is 1. The molecule has 0 spiro atoms. The second-order valence-electron chi connectivity index (χ2n) is 7.45. The summed E-state index contributed by atoms with van der Waals surface area (Å²) in [5, 5.41) is 14.0. The summed E-state index contributed by atoms with van der Waals surface area (Å²) in [5.41, 5.74) is 5.57. The van der Waals surface area contributed by atoms with Crippen LogP contribution in [-0.2, 0) is 11.4 Å². The van der Waals surface area contributed by atoms with Crippen molar-refractivity contribution in [3.8, 4) is 5.75 Å². The van der Waals surface area contributed by atoms with Gasteiger partial charge < -0.3 is 10.1 Å². The maximum absolute atomic E-state index is 13.6. The molecule has 8 nitrogen and oxygen atoms in total. The van der Waals surface area contributed by atoms with E-state index in [-0.39, 0.29) is 17.5 Å². The van der Waals surface area contributed by atoms with Crippen LogP contribution >= 0.6 is 11.8 Å². The topological polar surface area (TPSA) is 104 Å². The highest BCUT2D eigenvalue weighted by Gasteiger charge is 2.09. The number of hydrazone groups is 1. The first kappa shape index (κ1) is 24.0. The summed E-state index contributed by atoms with van der Waals surface area (Å²) in [6.45, 7) is 2.11. The van der Waals surface area contributed by atoms with Gasteiger partial charge in [0.05, 0.1) is 12.0 Å². The van der Waals surface area contributed by atoms with Crippen molar-refractivity contribution in [1.29, 1.82) is 0 Å². The number of anilines is 2. The molecule has 0 radical (unpaired) electrons. The number of carbonyl (C=O) groups is 1. The van der Waals surface area contributed by atoms with Gasteiger partial charge in [0.25, 0.3) is 0 Å². The molecule has 1 aromatic heterocycles. The van der Waals surface area contributed by atoms with Crippen molar-refractivity contribution in [1.82, 2.24) is 15.2 Å². The number of hydrogen-bond acceptors (Lipinski definition) is 7. The number of rotatable bonds is 10. The zero-order valence-electron chi connectivity index (χ0n) is 18.9. The molecule has 0 unspecified atom stereocenters. The zero-order chi connectivity index (χ0) is 24.5. The van der Waals surface area contributed by atoms with E-state index in [1.807, 2.05) is 54.6 Å². The van der Waals surface area contributed by atoms with Crippen molar-refractivity contribution in [3.63, 3.8) is 0 Å². The Morgan fingerprint density at radius 2 is 1.94 bits per heavy atom. The Bertz CT molecular complexity index is 1310. The van der Waals surface area contributed by atoms with E-state index in [9.17, 15) is 9.18 Å². The predicted molar refractivity (Wildman–Crippen MR) is 135 cm³/mol. The van der Waals surface area contributed by atoms with Gasteiger partial charge in [-0.3, -0.25) is 4.79 Å². The molecule has 178 valence electrons. The van der Waals surface area contributed by atoms with Gasteiger partial charge in [-0.25, -0.2) is 14.9 Å². The van der Waals surface area contributed by atoms with Crippen molar-refractivity contribution in [2.45, 2.75) is 18.7 Å². The summed E-state index contributed by atoms with van der Waals surface area (Å²) in [5.74, 6) is 0.443. The smallest absolute Gasteiger partial charge is 0.240 e. The molecule has 0 atom stereocenters. The lowest BCUT2D eigenvalue weighted by Gasteiger charge is -2.08. The van der Waals surface area contributed by atoms with Crippen LogP contribution in [0.2, 0.25) is 0 Å². The Morgan fingerprint density at radius 3 is 2.77 bits per heavy atom. The average molecular weight is 491 g/mol. The maximum Gasteiger partial charge on any atom is 0.240 e. The fourth-order valence-corrected chi connectivity index (χ4v) is 3.57. The molecule has 0 fully saturated rings. The number of hydrogen-bond donors (Lipinski definition) is 3. The molecule has 35 heavy (non-hydrogen) atoms. The minimum absolute atomic E-state index is 0.0716. The van der Waals surface area contributed by atoms with E-state index >= 15 is 0 Å². The van der Waals surface area contributed by atoms with Gasteiger partial charge in [-0.05, 0) is 42.3 Å². The van der Waals surface area contributed by atoms with Crippen molar-refractivity contribution in [2.75, 3.05) is 16.5 Å². The minimum atomic E-state index is -0.369. The van der Waals surface area contributed by atoms with Crippen LogP contribution in [0.25, 0.3) is 0 Å². The molecule has 0 aliphatic carbocycles. The molecule has 0 saturated heterocycles. The molecule has 1 heterocycles. The highest BCUT2D eigenvalue weighted by Crippen LogP contribution is 2.19. The number of benzene rings is 3. The van der Waals surface area contributed by atoms with Gasteiger partial charge in [0.1, 0.15) is 18.2 Å². The van der Waals surface area contributed by atoms with Crippen LogP contribution in [0.1, 0.15) is 16.7 Å². The molecule has 10 heteroatoms. The van der Waals surface area contributed by atoms with Crippen molar-refractivity contribution >= 4 is 35.5 Å². The number of ether oxygens (including phenoxy) is 1. The van der Waals surface area contributed by atoms with Crippen LogP contribution in [0.4, 0.5) is 16.0 Å². The first-order chi connectivity index (χ1) is 17.1. The number of H-pyrrole nitrogens is 1. The van der Waals surface area contributed by atoms with Gasteiger partial charge in [-0.15, -0.1) is 5.10 Å². The van der Waals surface area contributed by atoms with E-state index in [4.69, 9.17) is 4.74 Å². The quantitative estimate of drug-likeness (QED) is 0.164. The van der Waals surface area contributed by atoms with Crippen LogP contribution in [0.15, 0.2) is 83.1 Å². The number of aromatic nitrogens is 3. The Hall–Kier alpha value is -4.18. The van der Waals surface area contributed by atoms with E-state index in [1.165, 1.54) is 6.07 Å². The highest BCUT2D eigenvalue weighted by molar-refractivity contribution is 7.99. The van der Waals surface area contributed by atoms with Gasteiger partial charge in [-0.2, -0.15) is 10.1 Å². The summed E-state index contributed by atoms with van der Waals surface area (Å²) < 4.78 is 19.5. The van der Waals surface area contributed by atoms with Gasteiger partial charge >= 0.3 is 0 Å². The number of aromatic amines is 1. The summed E-state index contributed by atoms with van der Waals surface area (Å²) in [7, 11) is 0. The van der Waals surface area contributed by atoms with Crippen LogP contribution in [0.3, 0.4) is 0 Å². The molecule has 3 aromatic carbocycles. The van der Waals surface area contributed by atoms with Crippen molar-refractivity contribution in [3.05, 3.63) is 95.3 Å². The third-order valence-electron chi connectivity index (χ3n) is 4.78. The Morgan fingerprint density at radius 1 is 1.14 bits per heavy atom. The molecule has 0 saturated carbocycles. The zero-order valence-corrected chi connectivity index (χ0v) is 19.7. The SMILES string of the molecule is Cc1ccc(NC(=O)CSc2n[nH]c(N/N=C\c3ccccc3OCc3ccccc3)n2)cc1F. The predicted octanol–water partition coefficient (Wildman–Crippen LogP) is 5.01. The highest BCUT2D eigenvalue weighted by atomic mass is 32.2. The molecule has 0 aliphatic rings. The number of halogens is 1. The lowest BCUT2D eigenvalue weighted by molar-refractivity contribution is -0.113. The molecule has 1 amide bonds. The standard InChI is InChI=1S/C25H23FN6O2S/c1-17-11-12-20(13-21(17)26)28-23(33)16-35-25-29-24(31-32-25)30-27-14-19-9-5-6-10-22(19)34-15-18-7-3-2-4-8-18/h2-14H,15-16H2,1H3,(H,28,33)(H2,29,30,31,32)/b27-14-. The number of carbonyl (C=O) groups excluding carboxylic acids is 1. The Labute approximate surface area is 206 Å². The first-order valence-electron chi connectivity index (χ1n) is 10.7. The fourth-order valence-electron chi connectivity index (χ4n) is 2.98. The number of amides is 1. The third kappa shape index (κ3) is 7.15. The van der Waals surface area contributed by atoms with Crippen LogP contribution in [0, 0.1) is 12.7 Å². The number of nitrogens with zero attached hydrogens (tertiary/aromatic N) is 3. The average Bonchev–Trinajstić information content (AvgIpc) is 3.33. The monoisotopic (exact) mass is 490 g/mol. The van der Waals surface area contributed by atoms with Crippen LogP contribution < -0.4 is 15.5 Å². The van der Waals surface area contributed by atoms with E-state index in [2.05, 4.69) is 31.0 Å². The van der Waals surface area contributed by atoms with Gasteiger partial charge in [0.2, 0.25) is 17.0 Å². The summed E-state index contributed by atoms with van der Waals surface area (Å²) in [6.07, 6.45) is 1.63. The molecule has 0 bridgehead atoms.